The van der Waals surface area contributed by atoms with Gasteiger partial charge in [0.2, 0.25) is 5.91 Å². The summed E-state index contributed by atoms with van der Waals surface area (Å²) >= 11 is 1.70. The molecule has 0 saturated carbocycles. The number of carbonyl (C=O) groups is 1. The first-order valence-corrected chi connectivity index (χ1v) is 10.4. The lowest BCUT2D eigenvalue weighted by Gasteiger charge is -2.11. The Bertz CT molecular complexity index is 916. The standard InChI is InChI=1S/C21H25N3O2S/c1-15-10-16(2)12-17(11-15)26-9-8-22-21(25)13-24-19-7-5-4-6-18(19)23-20(24)14-27-3/h4-7,10-12H,8-9,13-14H2,1-3H3,(H,22,25). The van der Waals surface area contributed by atoms with Crippen LogP contribution >= 0.6 is 11.8 Å². The maximum atomic E-state index is 12.4. The number of carbonyl (C=O) groups excluding carboxylic acids is 1. The first kappa shape index (κ1) is 19.3. The molecule has 0 saturated heterocycles. The van der Waals surface area contributed by atoms with E-state index in [1.807, 2.05) is 61.1 Å². The van der Waals surface area contributed by atoms with E-state index in [0.29, 0.717) is 13.2 Å². The van der Waals surface area contributed by atoms with E-state index in [0.717, 1.165) is 28.4 Å². The fraction of sp³-hybridized carbons (Fsp3) is 0.333. The van der Waals surface area contributed by atoms with E-state index in [-0.39, 0.29) is 12.5 Å². The van der Waals surface area contributed by atoms with Crippen LogP contribution in [-0.2, 0) is 17.1 Å². The minimum absolute atomic E-state index is 0.0375. The Morgan fingerprint density at radius 2 is 1.93 bits per heavy atom. The van der Waals surface area contributed by atoms with Crippen LogP contribution in [0.4, 0.5) is 0 Å². The summed E-state index contributed by atoms with van der Waals surface area (Å²) in [5.74, 6) is 2.50. The fourth-order valence-electron chi connectivity index (χ4n) is 3.12. The molecule has 1 aromatic heterocycles. The van der Waals surface area contributed by atoms with Crippen LogP contribution in [0.2, 0.25) is 0 Å². The van der Waals surface area contributed by atoms with Gasteiger partial charge in [-0.15, -0.1) is 0 Å². The molecule has 142 valence electrons. The van der Waals surface area contributed by atoms with Crippen molar-refractivity contribution in [3.05, 3.63) is 59.4 Å². The van der Waals surface area contributed by atoms with Crippen molar-refractivity contribution in [1.29, 1.82) is 0 Å². The number of imidazole rings is 1. The van der Waals surface area contributed by atoms with E-state index in [4.69, 9.17) is 4.74 Å². The van der Waals surface area contributed by atoms with Gasteiger partial charge >= 0.3 is 0 Å². The second kappa shape index (κ2) is 8.95. The summed E-state index contributed by atoms with van der Waals surface area (Å²) in [4.78, 5) is 17.1. The molecule has 0 bridgehead atoms. The van der Waals surface area contributed by atoms with E-state index < -0.39 is 0 Å². The summed E-state index contributed by atoms with van der Waals surface area (Å²) < 4.78 is 7.74. The number of aryl methyl sites for hydroxylation is 2. The average Bonchev–Trinajstić information content (AvgIpc) is 2.96. The molecular weight excluding hydrogens is 358 g/mol. The Kier molecular flexibility index (Phi) is 6.40. The zero-order chi connectivity index (χ0) is 19.2. The third kappa shape index (κ3) is 5.04. The normalized spacial score (nSPS) is 10.9. The first-order valence-electron chi connectivity index (χ1n) is 8.97. The van der Waals surface area contributed by atoms with Gasteiger partial charge in [0.15, 0.2) is 0 Å². The van der Waals surface area contributed by atoms with Crippen LogP contribution in [0.5, 0.6) is 5.75 Å². The van der Waals surface area contributed by atoms with Crippen LogP contribution < -0.4 is 10.1 Å². The van der Waals surface area contributed by atoms with E-state index in [1.54, 1.807) is 11.8 Å². The Hall–Kier alpha value is -2.47. The molecule has 0 aliphatic carbocycles. The van der Waals surface area contributed by atoms with Gasteiger partial charge in [0.1, 0.15) is 24.7 Å². The lowest BCUT2D eigenvalue weighted by atomic mass is 10.1. The number of amides is 1. The highest BCUT2D eigenvalue weighted by atomic mass is 32.2. The van der Waals surface area contributed by atoms with Crippen molar-refractivity contribution in [2.75, 3.05) is 19.4 Å². The number of rotatable bonds is 8. The molecule has 0 aliphatic rings. The van der Waals surface area contributed by atoms with E-state index in [2.05, 4.69) is 16.4 Å². The van der Waals surface area contributed by atoms with E-state index in [9.17, 15) is 4.79 Å². The first-order chi connectivity index (χ1) is 13.1. The van der Waals surface area contributed by atoms with Crippen molar-refractivity contribution in [2.45, 2.75) is 26.1 Å². The molecule has 27 heavy (non-hydrogen) atoms. The molecule has 1 heterocycles. The van der Waals surface area contributed by atoms with Gasteiger partial charge in [-0.1, -0.05) is 18.2 Å². The fourth-order valence-corrected chi connectivity index (χ4v) is 3.59. The molecule has 0 unspecified atom stereocenters. The van der Waals surface area contributed by atoms with Gasteiger partial charge in [0.05, 0.1) is 23.3 Å². The Morgan fingerprint density at radius 1 is 1.19 bits per heavy atom. The quantitative estimate of drug-likeness (QED) is 0.603. The summed E-state index contributed by atoms with van der Waals surface area (Å²) in [6, 6.07) is 14.0. The number of ether oxygens (including phenoxy) is 1. The monoisotopic (exact) mass is 383 g/mol. The highest BCUT2D eigenvalue weighted by Crippen LogP contribution is 2.19. The van der Waals surface area contributed by atoms with Crippen LogP contribution in [0.25, 0.3) is 11.0 Å². The van der Waals surface area contributed by atoms with Gasteiger partial charge in [-0.3, -0.25) is 4.79 Å². The Morgan fingerprint density at radius 3 is 2.67 bits per heavy atom. The van der Waals surface area contributed by atoms with Crippen LogP contribution in [0.15, 0.2) is 42.5 Å². The number of benzene rings is 2. The number of nitrogens with zero attached hydrogens (tertiary/aromatic N) is 2. The summed E-state index contributed by atoms with van der Waals surface area (Å²) in [7, 11) is 0. The maximum absolute atomic E-state index is 12.4. The zero-order valence-corrected chi connectivity index (χ0v) is 16.8. The Balaban J connectivity index is 1.56. The van der Waals surface area contributed by atoms with Crippen molar-refractivity contribution in [3.63, 3.8) is 0 Å². The second-order valence-corrected chi connectivity index (χ2v) is 7.42. The molecule has 0 spiro atoms. The van der Waals surface area contributed by atoms with Crippen LogP contribution in [-0.4, -0.2) is 34.9 Å². The van der Waals surface area contributed by atoms with E-state index in [1.165, 1.54) is 11.1 Å². The molecule has 1 N–H and O–H groups in total. The molecule has 0 fully saturated rings. The molecule has 0 atom stereocenters. The summed E-state index contributed by atoms with van der Waals surface area (Å²) in [5, 5.41) is 2.94. The third-order valence-electron chi connectivity index (χ3n) is 4.20. The molecule has 3 aromatic rings. The van der Waals surface area contributed by atoms with Gasteiger partial charge in [-0.05, 0) is 55.5 Å². The van der Waals surface area contributed by atoms with Gasteiger partial charge in [0, 0.05) is 0 Å². The minimum atomic E-state index is -0.0375. The van der Waals surface area contributed by atoms with Crippen LogP contribution in [0.3, 0.4) is 0 Å². The van der Waals surface area contributed by atoms with Gasteiger partial charge in [-0.25, -0.2) is 4.98 Å². The number of nitrogens with one attached hydrogen (secondary N) is 1. The van der Waals surface area contributed by atoms with Gasteiger partial charge in [0.25, 0.3) is 0 Å². The van der Waals surface area contributed by atoms with Gasteiger partial charge < -0.3 is 14.6 Å². The average molecular weight is 384 g/mol. The Labute approximate surface area is 164 Å². The van der Waals surface area contributed by atoms with Crippen LogP contribution in [0.1, 0.15) is 17.0 Å². The smallest absolute Gasteiger partial charge is 0.240 e. The maximum Gasteiger partial charge on any atom is 0.240 e. The molecule has 1 amide bonds. The summed E-state index contributed by atoms with van der Waals surface area (Å²) in [5.41, 5.74) is 4.25. The second-order valence-electron chi connectivity index (χ2n) is 6.56. The highest BCUT2D eigenvalue weighted by Gasteiger charge is 2.13. The largest absolute Gasteiger partial charge is 0.492 e. The topological polar surface area (TPSA) is 56.2 Å². The highest BCUT2D eigenvalue weighted by molar-refractivity contribution is 7.97. The SMILES string of the molecule is CSCc1nc2ccccc2n1CC(=O)NCCOc1cc(C)cc(C)c1. The number of para-hydroxylation sites is 2. The lowest BCUT2D eigenvalue weighted by Crippen LogP contribution is -2.31. The molecule has 6 heteroatoms. The minimum Gasteiger partial charge on any atom is -0.492 e. The predicted octanol–water partition coefficient (Wildman–Crippen LogP) is 3.71. The van der Waals surface area contributed by atoms with Crippen molar-refractivity contribution < 1.29 is 9.53 Å². The molecule has 0 aliphatic heterocycles. The lowest BCUT2D eigenvalue weighted by molar-refractivity contribution is -0.121. The summed E-state index contributed by atoms with van der Waals surface area (Å²) in [6.07, 6.45) is 2.04. The summed E-state index contributed by atoms with van der Waals surface area (Å²) in [6.45, 7) is 5.26. The number of hydrogen-bond donors (Lipinski definition) is 1. The van der Waals surface area contributed by atoms with Gasteiger partial charge in [-0.2, -0.15) is 11.8 Å². The van der Waals surface area contributed by atoms with Crippen molar-refractivity contribution in [1.82, 2.24) is 14.9 Å². The van der Waals surface area contributed by atoms with Crippen molar-refractivity contribution >= 4 is 28.7 Å². The predicted molar refractivity (Wildman–Crippen MR) is 111 cm³/mol. The molecule has 3 rings (SSSR count). The zero-order valence-electron chi connectivity index (χ0n) is 16.0. The number of fused-ring (bicyclic) bond motifs is 1. The molecule has 5 nitrogen and oxygen atoms in total. The number of thioether (sulfide) groups is 1. The van der Waals surface area contributed by atoms with Crippen molar-refractivity contribution in [3.8, 4) is 5.75 Å². The van der Waals surface area contributed by atoms with Crippen molar-refractivity contribution in [2.24, 2.45) is 0 Å². The third-order valence-corrected chi connectivity index (χ3v) is 4.74. The molecule has 0 radical (unpaired) electrons. The molecular formula is C21H25N3O2S. The number of hydrogen-bond acceptors (Lipinski definition) is 4. The van der Waals surface area contributed by atoms with E-state index >= 15 is 0 Å². The van der Waals surface area contributed by atoms with Crippen LogP contribution in [0, 0.1) is 13.8 Å². The number of aromatic nitrogens is 2. The molecule has 2 aromatic carbocycles.